The quantitative estimate of drug-likeness (QED) is 0.871. The lowest BCUT2D eigenvalue weighted by molar-refractivity contribution is -0.126. The van der Waals surface area contributed by atoms with Crippen molar-refractivity contribution in [3.63, 3.8) is 0 Å². The number of benzene rings is 1. The van der Waals surface area contributed by atoms with E-state index in [1.54, 1.807) is 19.2 Å². The van der Waals surface area contributed by atoms with Crippen LogP contribution >= 0.6 is 0 Å². The first-order valence-corrected chi connectivity index (χ1v) is 8.73. The Bertz CT molecular complexity index is 563. The molecule has 0 aliphatic carbocycles. The molecule has 0 atom stereocenters. The molecule has 1 aromatic rings. The zero-order chi connectivity index (χ0) is 17.5. The third-order valence-electron chi connectivity index (χ3n) is 4.51. The number of likely N-dealkylation sites (tertiary alicyclic amines) is 1. The van der Waals surface area contributed by atoms with Crippen LogP contribution in [-0.2, 0) is 4.79 Å². The summed E-state index contributed by atoms with van der Waals surface area (Å²) in [5.74, 6) is 1.30. The van der Waals surface area contributed by atoms with Gasteiger partial charge in [-0.3, -0.25) is 9.59 Å². The number of nitrogens with zero attached hydrogens (tertiary/aromatic N) is 1. The van der Waals surface area contributed by atoms with Gasteiger partial charge in [0.25, 0.3) is 5.91 Å². The molecule has 0 saturated carbocycles. The van der Waals surface area contributed by atoms with Gasteiger partial charge >= 0.3 is 0 Å². The second-order valence-electron chi connectivity index (χ2n) is 6.74. The molecule has 1 N–H and O–H groups in total. The molecule has 0 bridgehead atoms. The molecule has 1 saturated heterocycles. The van der Waals surface area contributed by atoms with Crippen LogP contribution in [0.15, 0.2) is 24.3 Å². The molecule has 1 aliphatic rings. The Labute approximate surface area is 144 Å². The van der Waals surface area contributed by atoms with Crippen LogP contribution in [-0.4, -0.2) is 43.5 Å². The van der Waals surface area contributed by atoms with Crippen molar-refractivity contribution in [2.24, 2.45) is 11.8 Å². The van der Waals surface area contributed by atoms with Gasteiger partial charge in [-0.05, 0) is 37.3 Å². The summed E-state index contributed by atoms with van der Waals surface area (Å²) in [5.41, 5.74) is 0.583. The van der Waals surface area contributed by atoms with E-state index in [0.717, 1.165) is 13.0 Å². The van der Waals surface area contributed by atoms with E-state index in [1.165, 1.54) is 0 Å². The van der Waals surface area contributed by atoms with Gasteiger partial charge in [-0.1, -0.05) is 26.0 Å². The average Bonchev–Trinajstić information content (AvgIpc) is 2.60. The smallest absolute Gasteiger partial charge is 0.257 e. The first-order valence-electron chi connectivity index (χ1n) is 8.73. The number of carbonyl (C=O) groups excluding carboxylic acids is 2. The van der Waals surface area contributed by atoms with Crippen molar-refractivity contribution in [2.45, 2.75) is 33.1 Å². The molecule has 24 heavy (non-hydrogen) atoms. The maximum atomic E-state index is 12.6. The molecule has 1 fully saturated rings. The number of rotatable bonds is 6. The van der Waals surface area contributed by atoms with Crippen LogP contribution in [0.25, 0.3) is 0 Å². The highest BCUT2D eigenvalue weighted by Crippen LogP contribution is 2.23. The minimum absolute atomic E-state index is 0.0129. The molecule has 0 unspecified atom stereocenters. The first-order chi connectivity index (χ1) is 11.5. The molecule has 5 heteroatoms. The monoisotopic (exact) mass is 332 g/mol. The summed E-state index contributed by atoms with van der Waals surface area (Å²) in [7, 11) is 1.57. The molecule has 1 heterocycles. The topological polar surface area (TPSA) is 58.6 Å². The van der Waals surface area contributed by atoms with Gasteiger partial charge in [0.1, 0.15) is 5.75 Å². The van der Waals surface area contributed by atoms with Gasteiger partial charge in [0, 0.05) is 25.6 Å². The van der Waals surface area contributed by atoms with Crippen LogP contribution in [0.2, 0.25) is 0 Å². The van der Waals surface area contributed by atoms with E-state index in [4.69, 9.17) is 4.74 Å². The molecule has 0 spiro atoms. The molecular weight excluding hydrogens is 304 g/mol. The number of carbonyl (C=O) groups is 2. The third-order valence-corrected chi connectivity index (χ3v) is 4.51. The van der Waals surface area contributed by atoms with Crippen LogP contribution in [0, 0.1) is 11.8 Å². The Balaban J connectivity index is 1.86. The zero-order valence-corrected chi connectivity index (χ0v) is 14.9. The molecule has 1 aliphatic heterocycles. The summed E-state index contributed by atoms with van der Waals surface area (Å²) in [4.78, 5) is 26.7. The normalized spacial score (nSPS) is 15.4. The van der Waals surface area contributed by atoms with Gasteiger partial charge in [-0.2, -0.15) is 0 Å². The summed E-state index contributed by atoms with van der Waals surface area (Å²) in [6.07, 6.45) is 2.43. The predicted molar refractivity (Wildman–Crippen MR) is 94.1 cm³/mol. The van der Waals surface area contributed by atoms with E-state index in [-0.39, 0.29) is 17.7 Å². The number of hydrogen-bond donors (Lipinski definition) is 1. The molecule has 0 radical (unpaired) electrons. The van der Waals surface area contributed by atoms with Crippen molar-refractivity contribution >= 4 is 11.8 Å². The lowest BCUT2D eigenvalue weighted by Crippen LogP contribution is -2.43. The van der Waals surface area contributed by atoms with Crippen molar-refractivity contribution in [3.05, 3.63) is 29.8 Å². The molecule has 132 valence electrons. The van der Waals surface area contributed by atoms with E-state index >= 15 is 0 Å². The number of hydrogen-bond acceptors (Lipinski definition) is 3. The first kappa shape index (κ1) is 18.3. The zero-order valence-electron chi connectivity index (χ0n) is 14.9. The molecule has 2 rings (SSSR count). The lowest BCUT2D eigenvalue weighted by atomic mass is 9.95. The Morgan fingerprint density at radius 3 is 2.54 bits per heavy atom. The number of para-hydroxylation sites is 1. The van der Waals surface area contributed by atoms with Gasteiger partial charge in [-0.25, -0.2) is 0 Å². The maximum absolute atomic E-state index is 12.6. The van der Waals surface area contributed by atoms with Crippen LogP contribution < -0.4 is 10.1 Å². The average molecular weight is 332 g/mol. The van der Waals surface area contributed by atoms with Crippen molar-refractivity contribution in [1.82, 2.24) is 10.2 Å². The highest BCUT2D eigenvalue weighted by molar-refractivity contribution is 5.97. The molecule has 2 amide bonds. The summed E-state index contributed by atoms with van der Waals surface area (Å²) < 4.78 is 5.27. The Morgan fingerprint density at radius 1 is 1.25 bits per heavy atom. The fourth-order valence-electron chi connectivity index (χ4n) is 2.96. The van der Waals surface area contributed by atoms with Crippen LogP contribution in [0.3, 0.4) is 0 Å². The van der Waals surface area contributed by atoms with Crippen molar-refractivity contribution in [2.75, 3.05) is 26.7 Å². The summed E-state index contributed by atoms with van der Waals surface area (Å²) in [5, 5.41) is 3.02. The lowest BCUT2D eigenvalue weighted by Gasteiger charge is -2.31. The molecule has 5 nitrogen and oxygen atoms in total. The number of methoxy groups -OCH3 is 1. The van der Waals surface area contributed by atoms with E-state index in [9.17, 15) is 9.59 Å². The van der Waals surface area contributed by atoms with E-state index < -0.39 is 0 Å². The number of amides is 2. The number of piperidine rings is 1. The fourth-order valence-corrected chi connectivity index (χ4v) is 2.96. The summed E-state index contributed by atoms with van der Waals surface area (Å²) >= 11 is 0. The van der Waals surface area contributed by atoms with Crippen LogP contribution in [0.4, 0.5) is 0 Å². The second-order valence-corrected chi connectivity index (χ2v) is 6.74. The molecule has 1 aromatic carbocycles. The SMILES string of the molecule is COc1ccccc1C(=O)N1CCC(C(=O)NCCC(C)C)CC1. The molecule has 0 aromatic heterocycles. The fraction of sp³-hybridized carbons (Fsp3) is 0.579. The maximum Gasteiger partial charge on any atom is 0.257 e. The van der Waals surface area contributed by atoms with Crippen molar-refractivity contribution in [3.8, 4) is 5.75 Å². The summed E-state index contributed by atoms with van der Waals surface area (Å²) in [6, 6.07) is 7.27. The van der Waals surface area contributed by atoms with Gasteiger partial charge < -0.3 is 15.0 Å². The Kier molecular flexibility index (Phi) is 6.64. The Morgan fingerprint density at radius 2 is 1.92 bits per heavy atom. The van der Waals surface area contributed by atoms with Gasteiger partial charge in [-0.15, -0.1) is 0 Å². The van der Waals surface area contributed by atoms with Crippen molar-refractivity contribution in [1.29, 1.82) is 0 Å². The van der Waals surface area contributed by atoms with E-state index in [1.807, 2.05) is 17.0 Å². The van der Waals surface area contributed by atoms with Crippen molar-refractivity contribution < 1.29 is 14.3 Å². The van der Waals surface area contributed by atoms with Crippen LogP contribution in [0.5, 0.6) is 5.75 Å². The van der Waals surface area contributed by atoms with Gasteiger partial charge in [0.05, 0.1) is 12.7 Å². The third kappa shape index (κ3) is 4.73. The standard InChI is InChI=1S/C19H28N2O3/c1-14(2)8-11-20-18(22)15-9-12-21(13-10-15)19(23)16-6-4-5-7-17(16)24-3/h4-7,14-15H,8-13H2,1-3H3,(H,20,22). The minimum Gasteiger partial charge on any atom is -0.496 e. The second kappa shape index (κ2) is 8.71. The molecular formula is C19H28N2O3. The van der Waals surface area contributed by atoms with E-state index in [2.05, 4.69) is 19.2 Å². The van der Waals surface area contributed by atoms with Gasteiger partial charge in [0.15, 0.2) is 0 Å². The highest BCUT2D eigenvalue weighted by atomic mass is 16.5. The Hall–Kier alpha value is -2.04. The highest BCUT2D eigenvalue weighted by Gasteiger charge is 2.28. The summed E-state index contributed by atoms with van der Waals surface area (Å²) in [6.45, 7) is 6.25. The number of ether oxygens (including phenoxy) is 1. The minimum atomic E-state index is -0.0221. The predicted octanol–water partition coefficient (Wildman–Crippen LogP) is 2.71. The van der Waals surface area contributed by atoms with E-state index in [0.29, 0.717) is 43.2 Å². The van der Waals surface area contributed by atoms with Gasteiger partial charge in [0.2, 0.25) is 5.91 Å². The largest absolute Gasteiger partial charge is 0.496 e. The number of nitrogens with one attached hydrogen (secondary N) is 1. The van der Waals surface area contributed by atoms with Crippen LogP contribution in [0.1, 0.15) is 43.5 Å².